The van der Waals surface area contributed by atoms with Crippen LogP contribution >= 0.6 is 11.3 Å². The van der Waals surface area contributed by atoms with E-state index in [4.69, 9.17) is 0 Å². The SMILES string of the molecule is Cc1nn(C)c2sc(C(=O)N3CCCC3C(C)(C)O)cc12. The van der Waals surface area contributed by atoms with Crippen molar-refractivity contribution in [3.8, 4) is 0 Å². The number of aromatic nitrogens is 2. The first-order valence-electron chi connectivity index (χ1n) is 7.25. The van der Waals surface area contributed by atoms with Gasteiger partial charge in [0.15, 0.2) is 0 Å². The second kappa shape index (κ2) is 4.81. The summed E-state index contributed by atoms with van der Waals surface area (Å²) in [5.74, 6) is 0.0280. The van der Waals surface area contributed by atoms with Crippen LogP contribution in [0, 0.1) is 6.92 Å². The molecule has 3 rings (SSSR count). The third-order valence-electron chi connectivity index (χ3n) is 4.24. The van der Waals surface area contributed by atoms with Gasteiger partial charge in [-0.2, -0.15) is 5.10 Å². The van der Waals surface area contributed by atoms with Crippen molar-refractivity contribution >= 4 is 27.5 Å². The van der Waals surface area contributed by atoms with Crippen molar-refractivity contribution in [2.45, 2.75) is 45.3 Å². The first kappa shape index (κ1) is 14.5. The lowest BCUT2D eigenvalue weighted by atomic mass is 9.96. The van der Waals surface area contributed by atoms with E-state index in [9.17, 15) is 9.90 Å². The summed E-state index contributed by atoms with van der Waals surface area (Å²) in [6.45, 7) is 6.24. The maximum Gasteiger partial charge on any atom is 0.264 e. The second-order valence-corrected chi connectivity index (χ2v) is 7.38. The summed E-state index contributed by atoms with van der Waals surface area (Å²) in [5, 5.41) is 15.7. The summed E-state index contributed by atoms with van der Waals surface area (Å²) >= 11 is 1.48. The number of hydrogen-bond acceptors (Lipinski definition) is 4. The predicted molar refractivity (Wildman–Crippen MR) is 83.7 cm³/mol. The Morgan fingerprint density at radius 3 is 2.86 bits per heavy atom. The van der Waals surface area contributed by atoms with E-state index in [2.05, 4.69) is 5.10 Å². The van der Waals surface area contributed by atoms with Crippen molar-refractivity contribution in [2.75, 3.05) is 6.54 Å². The van der Waals surface area contributed by atoms with Crippen LogP contribution in [0.3, 0.4) is 0 Å². The number of fused-ring (bicyclic) bond motifs is 1. The summed E-state index contributed by atoms with van der Waals surface area (Å²) in [7, 11) is 1.90. The molecule has 2 aromatic rings. The average Bonchev–Trinajstić information content (AvgIpc) is 3.07. The number of aryl methyl sites for hydroxylation is 2. The fourth-order valence-corrected chi connectivity index (χ4v) is 4.28. The summed E-state index contributed by atoms with van der Waals surface area (Å²) in [4.78, 5) is 16.4. The number of amides is 1. The van der Waals surface area contributed by atoms with Gasteiger partial charge in [-0.05, 0) is 39.7 Å². The Morgan fingerprint density at radius 1 is 1.52 bits per heavy atom. The van der Waals surface area contributed by atoms with Gasteiger partial charge in [0, 0.05) is 19.0 Å². The van der Waals surface area contributed by atoms with E-state index >= 15 is 0 Å². The number of carbonyl (C=O) groups excluding carboxylic acids is 1. The molecule has 3 heterocycles. The topological polar surface area (TPSA) is 58.4 Å². The van der Waals surface area contributed by atoms with Crippen molar-refractivity contribution < 1.29 is 9.90 Å². The van der Waals surface area contributed by atoms with E-state index in [0.717, 1.165) is 40.2 Å². The average molecular weight is 307 g/mol. The highest BCUT2D eigenvalue weighted by Crippen LogP contribution is 2.32. The Hall–Kier alpha value is -1.40. The highest BCUT2D eigenvalue weighted by Gasteiger charge is 2.39. The molecule has 0 bridgehead atoms. The molecule has 114 valence electrons. The van der Waals surface area contributed by atoms with E-state index in [-0.39, 0.29) is 11.9 Å². The summed E-state index contributed by atoms with van der Waals surface area (Å²) in [5.41, 5.74) is 0.0867. The first-order chi connectivity index (χ1) is 9.79. The van der Waals surface area contributed by atoms with Crippen molar-refractivity contribution in [3.05, 3.63) is 16.6 Å². The maximum atomic E-state index is 12.8. The minimum absolute atomic E-state index is 0.0280. The van der Waals surface area contributed by atoms with Gasteiger partial charge in [-0.1, -0.05) is 0 Å². The van der Waals surface area contributed by atoms with Crippen LogP contribution in [0.2, 0.25) is 0 Å². The van der Waals surface area contributed by atoms with E-state index in [0.29, 0.717) is 0 Å². The van der Waals surface area contributed by atoms with Gasteiger partial charge in [0.25, 0.3) is 5.91 Å². The zero-order valence-electron chi connectivity index (χ0n) is 12.9. The van der Waals surface area contributed by atoms with Crippen LogP contribution in [0.25, 0.3) is 10.2 Å². The zero-order chi connectivity index (χ0) is 15.4. The molecule has 1 amide bonds. The molecule has 0 spiro atoms. The third-order valence-corrected chi connectivity index (χ3v) is 5.43. The highest BCUT2D eigenvalue weighted by atomic mass is 32.1. The second-order valence-electron chi connectivity index (χ2n) is 6.35. The van der Waals surface area contributed by atoms with Gasteiger partial charge in [0.2, 0.25) is 0 Å². The quantitative estimate of drug-likeness (QED) is 0.926. The molecule has 21 heavy (non-hydrogen) atoms. The van der Waals surface area contributed by atoms with Crippen LogP contribution in [-0.2, 0) is 7.05 Å². The third kappa shape index (κ3) is 2.36. The van der Waals surface area contributed by atoms with Gasteiger partial charge in [-0.15, -0.1) is 11.3 Å². The predicted octanol–water partition coefficient (Wildman–Crippen LogP) is 2.32. The van der Waals surface area contributed by atoms with Gasteiger partial charge in [-0.25, -0.2) is 0 Å². The monoisotopic (exact) mass is 307 g/mol. The van der Waals surface area contributed by atoms with Gasteiger partial charge in [0.05, 0.1) is 22.2 Å². The smallest absolute Gasteiger partial charge is 0.264 e. The molecular weight excluding hydrogens is 286 g/mol. The Balaban J connectivity index is 1.95. The molecule has 0 radical (unpaired) electrons. The Kier molecular flexibility index (Phi) is 3.33. The molecule has 1 fully saturated rings. The van der Waals surface area contributed by atoms with Crippen molar-refractivity contribution in [3.63, 3.8) is 0 Å². The first-order valence-corrected chi connectivity index (χ1v) is 8.07. The van der Waals surface area contributed by atoms with Crippen molar-refractivity contribution in [2.24, 2.45) is 7.05 Å². The largest absolute Gasteiger partial charge is 0.388 e. The normalized spacial score (nSPS) is 19.7. The Morgan fingerprint density at radius 2 is 2.24 bits per heavy atom. The van der Waals surface area contributed by atoms with E-state index in [1.165, 1.54) is 11.3 Å². The molecule has 1 N–H and O–H groups in total. The number of rotatable bonds is 2. The fraction of sp³-hybridized carbons (Fsp3) is 0.600. The van der Waals surface area contributed by atoms with Crippen LogP contribution in [0.1, 0.15) is 42.1 Å². The van der Waals surface area contributed by atoms with Crippen LogP contribution < -0.4 is 0 Å². The molecule has 0 saturated carbocycles. The van der Waals surface area contributed by atoms with Crippen molar-refractivity contribution in [1.29, 1.82) is 0 Å². The van der Waals surface area contributed by atoms with E-state index < -0.39 is 5.60 Å². The lowest BCUT2D eigenvalue weighted by Crippen LogP contribution is -2.48. The van der Waals surface area contributed by atoms with Gasteiger partial charge >= 0.3 is 0 Å². The molecule has 6 heteroatoms. The summed E-state index contributed by atoms with van der Waals surface area (Å²) < 4.78 is 1.82. The minimum Gasteiger partial charge on any atom is -0.388 e. The van der Waals surface area contributed by atoms with Gasteiger partial charge in [0.1, 0.15) is 4.83 Å². The molecule has 1 aliphatic rings. The van der Waals surface area contributed by atoms with Crippen LogP contribution in [0.15, 0.2) is 6.07 Å². The summed E-state index contributed by atoms with van der Waals surface area (Å²) in [6, 6.07) is 1.83. The molecular formula is C15H21N3O2S. The van der Waals surface area contributed by atoms with Crippen LogP contribution in [0.4, 0.5) is 0 Å². The number of nitrogens with zero attached hydrogens (tertiary/aromatic N) is 3. The Bertz CT molecular complexity index is 661. The van der Waals surface area contributed by atoms with E-state index in [1.54, 1.807) is 13.8 Å². The van der Waals surface area contributed by atoms with Gasteiger partial charge in [-0.3, -0.25) is 9.48 Å². The van der Waals surface area contributed by atoms with E-state index in [1.807, 2.05) is 29.6 Å². The Labute approximate surface area is 128 Å². The number of hydrogen-bond donors (Lipinski definition) is 1. The van der Waals surface area contributed by atoms with Crippen molar-refractivity contribution in [1.82, 2.24) is 14.7 Å². The van der Waals surface area contributed by atoms with Crippen LogP contribution in [-0.4, -0.2) is 43.9 Å². The molecule has 1 unspecified atom stereocenters. The zero-order valence-corrected chi connectivity index (χ0v) is 13.7. The molecule has 1 atom stereocenters. The number of carbonyl (C=O) groups is 1. The van der Waals surface area contributed by atoms with Gasteiger partial charge < -0.3 is 10.0 Å². The molecule has 1 aliphatic heterocycles. The minimum atomic E-state index is -0.861. The fourth-order valence-electron chi connectivity index (χ4n) is 3.20. The molecule has 5 nitrogen and oxygen atoms in total. The standard InChI is InChI=1S/C15H21N3O2S/c1-9-10-8-11(21-14(10)17(4)16-9)13(19)18-7-5-6-12(18)15(2,3)20/h8,12,20H,5-7H2,1-4H3. The molecule has 0 aliphatic carbocycles. The lowest BCUT2D eigenvalue weighted by Gasteiger charge is -2.33. The molecule has 2 aromatic heterocycles. The number of thiophene rings is 1. The highest BCUT2D eigenvalue weighted by molar-refractivity contribution is 7.20. The van der Waals surface area contributed by atoms with Crippen LogP contribution in [0.5, 0.6) is 0 Å². The molecule has 0 aromatic carbocycles. The maximum absolute atomic E-state index is 12.8. The number of aliphatic hydroxyl groups is 1. The lowest BCUT2D eigenvalue weighted by molar-refractivity contribution is 0.000524. The number of likely N-dealkylation sites (tertiary alicyclic amines) is 1. The molecule has 1 saturated heterocycles. The summed E-state index contributed by atoms with van der Waals surface area (Å²) in [6.07, 6.45) is 1.81.